The van der Waals surface area contributed by atoms with Crippen LogP contribution in [0.3, 0.4) is 0 Å². The van der Waals surface area contributed by atoms with E-state index >= 15 is 0 Å². The topological polar surface area (TPSA) is 37.9 Å². The largest absolute Gasteiger partial charge is 0.438 e. The molecule has 1 aromatic rings. The first-order valence-electron chi connectivity index (χ1n) is 18.3. The van der Waals surface area contributed by atoms with Gasteiger partial charge in [0.25, 0.3) is 0 Å². The molecule has 7 rings (SSSR count). The van der Waals surface area contributed by atoms with Gasteiger partial charge in [0.15, 0.2) is 0 Å². The van der Waals surface area contributed by atoms with E-state index in [9.17, 15) is 0 Å². The number of fused-ring (bicyclic) bond motifs is 2. The molecule has 4 aliphatic heterocycles. The Balaban J connectivity index is 0.00000234. The SMILES string of the molecule is [CH2-]C([CH2-])N1CCN(c2ccc([C@H](C)C3CC(C4=C(C)C(N5[CH-]C6CC7=C(CC(C)(C)C7)C6CC5)NCC4)=CN(C)C3C)nc2)[C@@H](I)C1.[U].[U]. The molecule has 1 aromatic heterocycles. The first-order chi connectivity index (χ1) is 22.4. The van der Waals surface area contributed by atoms with Gasteiger partial charge in [-0.15, -0.1) is 5.92 Å². The van der Waals surface area contributed by atoms with Crippen molar-refractivity contribution in [3.05, 3.63) is 78.5 Å². The zero-order valence-electron chi connectivity index (χ0n) is 30.8. The van der Waals surface area contributed by atoms with Crippen LogP contribution in [0.1, 0.15) is 84.8 Å². The number of alkyl halides is 1. The molecular weight excluding hydrogens is 1170 g/mol. The zero-order valence-corrected chi connectivity index (χ0v) is 41.3. The minimum Gasteiger partial charge on any atom is -0.438 e. The molecule has 5 heterocycles. The number of likely N-dealkylation sites (tertiary alicyclic amines) is 1. The fourth-order valence-corrected chi connectivity index (χ4v) is 11.2. The summed E-state index contributed by atoms with van der Waals surface area (Å²) in [6.45, 7) is 28.2. The molecule has 0 spiro atoms. The molecular formula is C40H58IN6U2-3. The summed E-state index contributed by atoms with van der Waals surface area (Å²) in [6.07, 6.45) is 12.4. The molecule has 0 aromatic carbocycles. The van der Waals surface area contributed by atoms with E-state index in [1.54, 1.807) is 16.7 Å². The molecule has 49 heavy (non-hydrogen) atoms. The number of nitrogens with zero attached hydrogens (tertiary/aromatic N) is 5. The van der Waals surface area contributed by atoms with E-state index in [-0.39, 0.29) is 68.3 Å². The van der Waals surface area contributed by atoms with Crippen LogP contribution in [-0.4, -0.2) is 81.8 Å². The molecule has 5 unspecified atom stereocenters. The summed E-state index contributed by atoms with van der Waals surface area (Å²) >= 11 is 2.56. The van der Waals surface area contributed by atoms with Crippen LogP contribution in [0, 0.1) is 106 Å². The first kappa shape index (κ1) is 40.9. The van der Waals surface area contributed by atoms with Crippen molar-refractivity contribution >= 4 is 28.3 Å². The van der Waals surface area contributed by atoms with Crippen molar-refractivity contribution in [1.82, 2.24) is 25.0 Å². The van der Waals surface area contributed by atoms with Crippen LogP contribution < -0.4 is 10.2 Å². The standard InChI is InChI=1S/C40H58IN6.2U/c1-25(2)45-15-16-47(38(41)24-45)32-9-10-37(43-21-32)26(3)35-18-31(22-44(8)28(35)5)33-11-13-42-39(27(33)4)46-14-12-34-30(23-46)17-29-19-40(6,7)20-36(29)34;;/h9-10,21-23,25-26,28,30,34-35,38-39,42H,1-2,11-20,24H2,3-8H3;;/q-3;;/t26-,28?,30?,34?,35?,38-,39?;;/m1../s1. The Kier molecular flexibility index (Phi) is 13.8. The average molecular weight is 1230 g/mol. The van der Waals surface area contributed by atoms with Gasteiger partial charge in [0, 0.05) is 119 Å². The van der Waals surface area contributed by atoms with Crippen molar-refractivity contribution in [2.45, 2.75) is 101 Å². The zero-order chi connectivity index (χ0) is 33.2. The third-order valence-electron chi connectivity index (χ3n) is 12.8. The monoisotopic (exact) mass is 1230 g/mol. The third kappa shape index (κ3) is 8.36. The molecule has 0 amide bonds. The summed E-state index contributed by atoms with van der Waals surface area (Å²) < 4.78 is 0.398. The van der Waals surface area contributed by atoms with Gasteiger partial charge in [0.2, 0.25) is 0 Å². The number of halogens is 1. The maximum absolute atomic E-state index is 5.10. The van der Waals surface area contributed by atoms with E-state index in [0.29, 0.717) is 39.4 Å². The van der Waals surface area contributed by atoms with Gasteiger partial charge >= 0.3 is 0 Å². The number of pyridine rings is 1. The smallest absolute Gasteiger partial charge is 0.0934 e. The Morgan fingerprint density at radius 2 is 1.88 bits per heavy atom. The number of nitrogens with one attached hydrogen (secondary N) is 1. The van der Waals surface area contributed by atoms with Crippen molar-refractivity contribution in [3.63, 3.8) is 0 Å². The van der Waals surface area contributed by atoms with E-state index < -0.39 is 0 Å². The van der Waals surface area contributed by atoms with Gasteiger partial charge in [0.1, 0.15) is 0 Å². The van der Waals surface area contributed by atoms with Crippen LogP contribution in [0.15, 0.2) is 52.4 Å². The van der Waals surface area contributed by atoms with Crippen molar-refractivity contribution in [3.8, 4) is 0 Å². The number of hydrogen-bond donors (Lipinski definition) is 1. The summed E-state index contributed by atoms with van der Waals surface area (Å²) in [4.78, 5) is 15.1. The number of aromatic nitrogens is 1. The van der Waals surface area contributed by atoms with Crippen molar-refractivity contribution in [1.29, 1.82) is 0 Å². The number of rotatable bonds is 6. The van der Waals surface area contributed by atoms with E-state index in [1.165, 1.54) is 42.6 Å². The average Bonchev–Trinajstić information content (AvgIpc) is 3.52. The van der Waals surface area contributed by atoms with E-state index in [4.69, 9.17) is 4.98 Å². The van der Waals surface area contributed by atoms with Crippen LogP contribution in [0.4, 0.5) is 5.69 Å². The molecule has 7 atom stereocenters. The normalized spacial score (nSPS) is 32.8. The minimum absolute atomic E-state index is 0. The summed E-state index contributed by atoms with van der Waals surface area (Å²) in [5.74, 6) is 2.39. The quantitative estimate of drug-likeness (QED) is 0.104. The second-order valence-electron chi connectivity index (χ2n) is 16.5. The summed E-state index contributed by atoms with van der Waals surface area (Å²) in [7, 11) is 2.28. The number of hydrogen-bond acceptors (Lipinski definition) is 6. The first-order valence-corrected chi connectivity index (χ1v) is 19.6. The van der Waals surface area contributed by atoms with Crippen LogP contribution in [0.5, 0.6) is 0 Å². The second-order valence-corrected chi connectivity index (χ2v) is 17.9. The van der Waals surface area contributed by atoms with E-state index in [1.807, 2.05) is 5.57 Å². The van der Waals surface area contributed by atoms with E-state index in [2.05, 4.69) is 134 Å². The Morgan fingerprint density at radius 1 is 1.10 bits per heavy atom. The minimum atomic E-state index is 0. The Morgan fingerprint density at radius 3 is 2.57 bits per heavy atom. The van der Waals surface area contributed by atoms with Gasteiger partial charge in [-0.2, -0.15) is 0 Å². The number of piperazine rings is 1. The van der Waals surface area contributed by atoms with Crippen molar-refractivity contribution < 1.29 is 62.2 Å². The Labute approximate surface area is 359 Å². The van der Waals surface area contributed by atoms with Gasteiger partial charge in [-0.1, -0.05) is 60.9 Å². The fraction of sp³-hybridized carbons (Fsp3) is 0.650. The molecule has 2 aliphatic carbocycles. The summed E-state index contributed by atoms with van der Waals surface area (Å²) in [5, 5.41) is 3.93. The van der Waals surface area contributed by atoms with Gasteiger partial charge < -0.3 is 33.4 Å². The number of piperidine rings is 1. The van der Waals surface area contributed by atoms with Crippen LogP contribution >= 0.6 is 22.6 Å². The van der Waals surface area contributed by atoms with Gasteiger partial charge in [-0.05, 0) is 98.6 Å². The maximum Gasteiger partial charge on any atom is 0.0934 e. The van der Waals surface area contributed by atoms with Gasteiger partial charge in [-0.3, -0.25) is 16.8 Å². The molecule has 0 bridgehead atoms. The molecule has 266 valence electrons. The maximum atomic E-state index is 5.10. The van der Waals surface area contributed by atoms with Crippen LogP contribution in [0.2, 0.25) is 0 Å². The Hall–Kier alpha value is 0.684. The van der Waals surface area contributed by atoms with Gasteiger partial charge in [-0.25, -0.2) is 6.04 Å². The number of allylic oxidation sites excluding steroid dienone is 3. The van der Waals surface area contributed by atoms with Crippen LogP contribution in [0.25, 0.3) is 0 Å². The molecule has 6 nitrogen and oxygen atoms in total. The molecule has 2 saturated heterocycles. The van der Waals surface area contributed by atoms with Gasteiger partial charge in [0.05, 0.1) is 22.1 Å². The molecule has 9 heteroatoms. The predicted molar refractivity (Wildman–Crippen MR) is 204 cm³/mol. The summed E-state index contributed by atoms with van der Waals surface area (Å²) in [6, 6.07) is 5.17. The molecule has 1 N–H and O–H groups in total. The van der Waals surface area contributed by atoms with Crippen molar-refractivity contribution in [2.24, 2.45) is 23.2 Å². The van der Waals surface area contributed by atoms with Crippen molar-refractivity contribution in [2.75, 3.05) is 44.7 Å². The number of anilines is 1. The molecule has 6 aliphatic rings. The van der Waals surface area contributed by atoms with Crippen LogP contribution in [-0.2, 0) is 0 Å². The third-order valence-corrected chi connectivity index (χ3v) is 13.9. The predicted octanol–water partition coefficient (Wildman–Crippen LogP) is 7.59. The molecule has 0 saturated carbocycles. The summed E-state index contributed by atoms with van der Waals surface area (Å²) in [5.41, 5.74) is 11.2. The Bertz CT molecular complexity index is 1420. The fourth-order valence-electron chi connectivity index (χ4n) is 10.1. The molecule has 0 radical (unpaired) electrons. The molecule has 2 fully saturated rings. The van der Waals surface area contributed by atoms with E-state index in [0.717, 1.165) is 51.5 Å². The second kappa shape index (κ2) is 16.6.